The SMILES string of the molecule is CC[C@](C)(CO)NC(=O)Nc1ccn(-c2ccccc2)n1. The van der Waals surface area contributed by atoms with E-state index >= 15 is 0 Å². The second-order valence-corrected chi connectivity index (χ2v) is 5.13. The Morgan fingerprint density at radius 3 is 2.67 bits per heavy atom. The first-order valence-corrected chi connectivity index (χ1v) is 6.87. The predicted octanol–water partition coefficient (Wildman–Crippen LogP) is 2.15. The number of nitrogens with one attached hydrogen (secondary N) is 2. The number of aliphatic hydroxyl groups excluding tert-OH is 1. The van der Waals surface area contributed by atoms with E-state index in [1.165, 1.54) is 0 Å². The number of amides is 2. The van der Waals surface area contributed by atoms with E-state index in [0.29, 0.717) is 12.2 Å². The van der Waals surface area contributed by atoms with E-state index in [1.807, 2.05) is 37.3 Å². The number of hydrogen-bond acceptors (Lipinski definition) is 3. The number of aliphatic hydroxyl groups is 1. The fourth-order valence-corrected chi connectivity index (χ4v) is 1.78. The van der Waals surface area contributed by atoms with Gasteiger partial charge in [-0.1, -0.05) is 25.1 Å². The van der Waals surface area contributed by atoms with Crippen molar-refractivity contribution in [2.75, 3.05) is 11.9 Å². The molecule has 0 spiro atoms. The van der Waals surface area contributed by atoms with Gasteiger partial charge >= 0.3 is 6.03 Å². The number of carbonyl (C=O) groups is 1. The minimum absolute atomic E-state index is 0.116. The molecule has 0 bridgehead atoms. The van der Waals surface area contributed by atoms with Crippen molar-refractivity contribution in [1.82, 2.24) is 15.1 Å². The molecule has 1 aromatic carbocycles. The number of para-hydroxylation sites is 1. The van der Waals surface area contributed by atoms with Crippen molar-refractivity contribution in [3.63, 3.8) is 0 Å². The van der Waals surface area contributed by atoms with E-state index in [0.717, 1.165) is 5.69 Å². The smallest absolute Gasteiger partial charge is 0.320 e. The molecule has 0 radical (unpaired) electrons. The van der Waals surface area contributed by atoms with Gasteiger partial charge in [0, 0.05) is 12.3 Å². The summed E-state index contributed by atoms with van der Waals surface area (Å²) in [5.41, 5.74) is 0.284. The molecule has 2 aromatic rings. The molecule has 112 valence electrons. The number of carbonyl (C=O) groups excluding carboxylic acids is 1. The van der Waals surface area contributed by atoms with Gasteiger partial charge in [-0.25, -0.2) is 9.48 Å². The first-order chi connectivity index (χ1) is 10.1. The first-order valence-electron chi connectivity index (χ1n) is 6.87. The lowest BCUT2D eigenvalue weighted by Crippen LogP contribution is -2.50. The Hall–Kier alpha value is -2.34. The fraction of sp³-hybridized carbons (Fsp3) is 0.333. The van der Waals surface area contributed by atoms with Crippen molar-refractivity contribution in [3.8, 4) is 5.69 Å². The van der Waals surface area contributed by atoms with E-state index in [9.17, 15) is 9.90 Å². The van der Waals surface area contributed by atoms with Gasteiger partial charge < -0.3 is 10.4 Å². The van der Waals surface area contributed by atoms with Crippen LogP contribution in [0.15, 0.2) is 42.6 Å². The van der Waals surface area contributed by atoms with Crippen molar-refractivity contribution in [2.45, 2.75) is 25.8 Å². The Morgan fingerprint density at radius 1 is 1.33 bits per heavy atom. The number of rotatable bonds is 5. The second kappa shape index (κ2) is 6.41. The van der Waals surface area contributed by atoms with Gasteiger partial charge in [0.25, 0.3) is 0 Å². The van der Waals surface area contributed by atoms with Crippen LogP contribution in [0, 0.1) is 0 Å². The second-order valence-electron chi connectivity index (χ2n) is 5.13. The summed E-state index contributed by atoms with van der Waals surface area (Å²) in [4.78, 5) is 11.9. The minimum atomic E-state index is -0.633. The predicted molar refractivity (Wildman–Crippen MR) is 81.5 cm³/mol. The van der Waals surface area contributed by atoms with Gasteiger partial charge in [-0.2, -0.15) is 0 Å². The molecule has 0 aliphatic rings. The van der Waals surface area contributed by atoms with Crippen LogP contribution in [0.4, 0.5) is 10.6 Å². The largest absolute Gasteiger partial charge is 0.394 e. The third-order valence-electron chi connectivity index (χ3n) is 3.40. The summed E-state index contributed by atoms with van der Waals surface area (Å²) in [6, 6.07) is 11.0. The monoisotopic (exact) mass is 288 g/mol. The van der Waals surface area contributed by atoms with Crippen LogP contribution in [-0.2, 0) is 0 Å². The zero-order valence-electron chi connectivity index (χ0n) is 12.2. The molecule has 2 rings (SSSR count). The summed E-state index contributed by atoms with van der Waals surface area (Å²) in [5, 5.41) is 19.0. The quantitative estimate of drug-likeness (QED) is 0.788. The Bertz CT molecular complexity index is 591. The normalized spacial score (nSPS) is 13.5. The zero-order chi connectivity index (χ0) is 15.3. The first kappa shape index (κ1) is 15.1. The highest BCUT2D eigenvalue weighted by atomic mass is 16.3. The Kier molecular flexibility index (Phi) is 4.59. The third-order valence-corrected chi connectivity index (χ3v) is 3.40. The van der Waals surface area contributed by atoms with E-state index < -0.39 is 5.54 Å². The van der Waals surface area contributed by atoms with Gasteiger partial charge in [0.15, 0.2) is 5.82 Å². The average Bonchev–Trinajstić information content (AvgIpc) is 2.96. The molecule has 3 N–H and O–H groups in total. The molecule has 0 unspecified atom stereocenters. The van der Waals surface area contributed by atoms with E-state index in [-0.39, 0.29) is 12.6 Å². The molecule has 1 heterocycles. The van der Waals surface area contributed by atoms with Gasteiger partial charge in [-0.3, -0.25) is 5.32 Å². The standard InChI is InChI=1S/C15H20N4O2/c1-3-15(2,11-20)17-14(21)16-13-9-10-19(18-13)12-7-5-4-6-8-12/h4-10,20H,3,11H2,1-2H3,(H2,16,17,18,21)/t15-/m1/s1. The lowest BCUT2D eigenvalue weighted by atomic mass is 10.0. The molecule has 0 saturated heterocycles. The van der Waals surface area contributed by atoms with Crippen LogP contribution in [0.5, 0.6) is 0 Å². The highest BCUT2D eigenvalue weighted by Gasteiger charge is 2.23. The molecule has 6 nitrogen and oxygen atoms in total. The van der Waals surface area contributed by atoms with Gasteiger partial charge in [0.1, 0.15) is 0 Å². The molecule has 0 aliphatic carbocycles. The summed E-state index contributed by atoms with van der Waals surface area (Å²) in [6.45, 7) is 3.57. The highest BCUT2D eigenvalue weighted by molar-refractivity contribution is 5.88. The topological polar surface area (TPSA) is 79.2 Å². The van der Waals surface area contributed by atoms with E-state index in [4.69, 9.17) is 0 Å². The molecule has 0 aliphatic heterocycles. The molecule has 0 fully saturated rings. The highest BCUT2D eigenvalue weighted by Crippen LogP contribution is 2.11. The minimum Gasteiger partial charge on any atom is -0.394 e. The van der Waals surface area contributed by atoms with Crippen molar-refractivity contribution < 1.29 is 9.90 Å². The molecule has 2 amide bonds. The molecule has 6 heteroatoms. The van der Waals surface area contributed by atoms with Crippen LogP contribution in [0.3, 0.4) is 0 Å². The zero-order valence-corrected chi connectivity index (χ0v) is 12.2. The maximum Gasteiger partial charge on any atom is 0.320 e. The van der Waals surface area contributed by atoms with E-state index in [1.54, 1.807) is 23.9 Å². The molecule has 21 heavy (non-hydrogen) atoms. The van der Waals surface area contributed by atoms with Gasteiger partial charge in [-0.15, -0.1) is 5.10 Å². The maximum absolute atomic E-state index is 11.9. The summed E-state index contributed by atoms with van der Waals surface area (Å²) in [6.07, 6.45) is 2.41. The summed E-state index contributed by atoms with van der Waals surface area (Å²) in [5.74, 6) is 0.452. The van der Waals surface area contributed by atoms with Crippen LogP contribution in [0.25, 0.3) is 5.69 Å². The van der Waals surface area contributed by atoms with Crippen LogP contribution in [-0.4, -0.2) is 33.1 Å². The summed E-state index contributed by atoms with van der Waals surface area (Å²) in [7, 11) is 0. The van der Waals surface area contributed by atoms with Crippen LogP contribution < -0.4 is 10.6 Å². The van der Waals surface area contributed by atoms with Gasteiger partial charge in [0.05, 0.1) is 17.8 Å². The van der Waals surface area contributed by atoms with Crippen molar-refractivity contribution in [3.05, 3.63) is 42.6 Å². The van der Waals surface area contributed by atoms with Gasteiger partial charge in [0.2, 0.25) is 0 Å². The molecule has 1 aromatic heterocycles. The average molecular weight is 288 g/mol. The third kappa shape index (κ3) is 3.82. The lowest BCUT2D eigenvalue weighted by molar-refractivity contribution is 0.172. The van der Waals surface area contributed by atoms with Crippen LogP contribution in [0.1, 0.15) is 20.3 Å². The Morgan fingerprint density at radius 2 is 2.05 bits per heavy atom. The Labute approximate surface area is 123 Å². The maximum atomic E-state index is 11.9. The number of hydrogen-bond donors (Lipinski definition) is 3. The number of aromatic nitrogens is 2. The molecular formula is C15H20N4O2. The van der Waals surface area contributed by atoms with Crippen LogP contribution >= 0.6 is 0 Å². The summed E-state index contributed by atoms with van der Waals surface area (Å²) >= 11 is 0. The number of benzene rings is 1. The van der Waals surface area contributed by atoms with Crippen molar-refractivity contribution in [2.24, 2.45) is 0 Å². The van der Waals surface area contributed by atoms with Gasteiger partial charge in [-0.05, 0) is 25.5 Å². The summed E-state index contributed by atoms with van der Waals surface area (Å²) < 4.78 is 1.68. The van der Waals surface area contributed by atoms with Crippen molar-refractivity contribution in [1.29, 1.82) is 0 Å². The van der Waals surface area contributed by atoms with Crippen molar-refractivity contribution >= 4 is 11.8 Å². The molecule has 0 saturated carbocycles. The number of urea groups is 1. The number of anilines is 1. The van der Waals surface area contributed by atoms with E-state index in [2.05, 4.69) is 15.7 Å². The molecular weight excluding hydrogens is 268 g/mol. The fourth-order valence-electron chi connectivity index (χ4n) is 1.78. The lowest BCUT2D eigenvalue weighted by Gasteiger charge is -2.26. The molecule has 1 atom stereocenters. The number of nitrogens with zero attached hydrogens (tertiary/aromatic N) is 2. The Balaban J connectivity index is 2.01. The van der Waals surface area contributed by atoms with Crippen LogP contribution in [0.2, 0.25) is 0 Å².